The molecule has 0 aromatic heterocycles. The van der Waals surface area contributed by atoms with Crippen molar-refractivity contribution in [3.05, 3.63) is 47.7 Å². The highest BCUT2D eigenvalue weighted by Gasteiger charge is 2.24. The maximum Gasteiger partial charge on any atom is 0.134 e. The van der Waals surface area contributed by atoms with Gasteiger partial charge < -0.3 is 4.74 Å². The Morgan fingerprint density at radius 2 is 1.87 bits per heavy atom. The Morgan fingerprint density at radius 1 is 1.07 bits per heavy atom. The number of hydrogen-bond donors (Lipinski definition) is 0. The molecule has 0 atom stereocenters. The van der Waals surface area contributed by atoms with Crippen molar-refractivity contribution >= 4 is 5.57 Å². The van der Waals surface area contributed by atoms with Crippen molar-refractivity contribution in [2.24, 2.45) is 0 Å². The Hall–Kier alpha value is -1.50. The number of para-hydroxylation sites is 1. The lowest BCUT2D eigenvalue weighted by atomic mass is 9.87. The van der Waals surface area contributed by atoms with Crippen LogP contribution < -0.4 is 4.74 Å². The second kappa shape index (κ2) is 3.27. The van der Waals surface area contributed by atoms with Gasteiger partial charge >= 0.3 is 0 Å². The van der Waals surface area contributed by atoms with E-state index in [1.807, 2.05) is 18.2 Å². The molecule has 0 unspecified atom stereocenters. The Kier molecular flexibility index (Phi) is 1.91. The predicted octanol–water partition coefficient (Wildman–Crippen LogP) is 3.92. The van der Waals surface area contributed by atoms with Crippen LogP contribution in [0.25, 0.3) is 5.57 Å². The third kappa shape index (κ3) is 1.30. The van der Waals surface area contributed by atoms with Gasteiger partial charge in [-0.05, 0) is 36.5 Å². The first-order valence-corrected chi connectivity index (χ1v) is 5.55. The van der Waals surface area contributed by atoms with E-state index in [0.717, 1.165) is 29.9 Å². The molecule has 1 heterocycles. The second-order valence-corrected chi connectivity index (χ2v) is 4.19. The third-order valence-corrected chi connectivity index (χ3v) is 3.23. The Bertz CT molecular complexity index is 454. The van der Waals surface area contributed by atoms with E-state index in [9.17, 15) is 0 Å². The average Bonchev–Trinajstić information content (AvgIpc) is 2.30. The van der Waals surface area contributed by atoms with Crippen LogP contribution in [-0.4, -0.2) is 0 Å². The molecule has 0 saturated heterocycles. The monoisotopic (exact) mass is 198 g/mol. The van der Waals surface area contributed by atoms with Gasteiger partial charge in [0, 0.05) is 12.0 Å². The fraction of sp³-hybridized carbons (Fsp3) is 0.286. The summed E-state index contributed by atoms with van der Waals surface area (Å²) in [7, 11) is 0. The summed E-state index contributed by atoms with van der Waals surface area (Å²) in [6.07, 6.45) is 4.71. The predicted molar refractivity (Wildman–Crippen MR) is 61.6 cm³/mol. The van der Waals surface area contributed by atoms with Crippen molar-refractivity contribution < 1.29 is 4.74 Å². The van der Waals surface area contributed by atoms with Crippen molar-refractivity contribution in [2.45, 2.75) is 25.7 Å². The van der Waals surface area contributed by atoms with Crippen LogP contribution in [0, 0.1) is 0 Å². The maximum atomic E-state index is 5.93. The summed E-state index contributed by atoms with van der Waals surface area (Å²) >= 11 is 0. The lowest BCUT2D eigenvalue weighted by Crippen LogP contribution is -2.12. The fourth-order valence-electron chi connectivity index (χ4n) is 2.41. The Balaban J connectivity index is 2.11. The largest absolute Gasteiger partial charge is 0.461 e. The van der Waals surface area contributed by atoms with Crippen LogP contribution in [0.4, 0.5) is 0 Å². The van der Waals surface area contributed by atoms with Crippen molar-refractivity contribution in [3.8, 4) is 5.75 Å². The Morgan fingerprint density at radius 3 is 2.80 bits per heavy atom. The van der Waals surface area contributed by atoms with Gasteiger partial charge in [0.1, 0.15) is 11.5 Å². The second-order valence-electron chi connectivity index (χ2n) is 4.19. The highest BCUT2D eigenvalue weighted by Crippen LogP contribution is 2.42. The molecule has 3 rings (SSSR count). The van der Waals surface area contributed by atoms with Gasteiger partial charge in [-0.2, -0.15) is 0 Å². The number of fused-ring (bicyclic) bond motifs is 1. The number of ether oxygens (including phenoxy) is 1. The van der Waals surface area contributed by atoms with E-state index in [4.69, 9.17) is 4.74 Å². The topological polar surface area (TPSA) is 9.23 Å². The van der Waals surface area contributed by atoms with Gasteiger partial charge in [0.15, 0.2) is 0 Å². The van der Waals surface area contributed by atoms with Gasteiger partial charge in [-0.25, -0.2) is 0 Å². The van der Waals surface area contributed by atoms with Crippen LogP contribution in [0.2, 0.25) is 0 Å². The first-order valence-electron chi connectivity index (χ1n) is 5.55. The van der Waals surface area contributed by atoms with Crippen LogP contribution in [-0.2, 0) is 0 Å². The van der Waals surface area contributed by atoms with Gasteiger partial charge in [0.2, 0.25) is 0 Å². The molecule has 0 saturated carbocycles. The summed E-state index contributed by atoms with van der Waals surface area (Å²) in [5.41, 5.74) is 3.68. The van der Waals surface area contributed by atoms with Crippen LogP contribution >= 0.6 is 0 Å². The third-order valence-electron chi connectivity index (χ3n) is 3.23. The number of benzene rings is 1. The minimum atomic E-state index is 0.975. The van der Waals surface area contributed by atoms with Crippen LogP contribution in [0.5, 0.6) is 5.75 Å². The van der Waals surface area contributed by atoms with Gasteiger partial charge in [-0.3, -0.25) is 0 Å². The molecule has 0 bridgehead atoms. The Labute approximate surface area is 90.1 Å². The zero-order valence-corrected chi connectivity index (χ0v) is 8.75. The number of hydrogen-bond acceptors (Lipinski definition) is 1. The van der Waals surface area contributed by atoms with Crippen molar-refractivity contribution in [3.63, 3.8) is 0 Å². The summed E-state index contributed by atoms with van der Waals surface area (Å²) in [5.74, 6) is 2.13. The zero-order valence-electron chi connectivity index (χ0n) is 8.75. The normalized spacial score (nSPS) is 19.3. The first kappa shape index (κ1) is 8.78. The SMILES string of the molecule is C=C1C2=C(CCCC2)Oc2ccccc21. The lowest BCUT2D eigenvalue weighted by Gasteiger charge is -2.28. The zero-order chi connectivity index (χ0) is 10.3. The molecule has 0 fully saturated rings. The van der Waals surface area contributed by atoms with E-state index >= 15 is 0 Å². The van der Waals surface area contributed by atoms with Crippen LogP contribution in [0.3, 0.4) is 0 Å². The van der Waals surface area contributed by atoms with E-state index in [0.29, 0.717) is 0 Å². The standard InChI is InChI=1S/C14H14O/c1-10-11-6-2-4-8-13(11)15-14-9-5-3-7-12(10)14/h2,4,6,8H,1,3,5,7,9H2. The highest BCUT2D eigenvalue weighted by molar-refractivity contribution is 5.83. The summed E-state index contributed by atoms with van der Waals surface area (Å²) in [5, 5.41) is 0. The van der Waals surface area contributed by atoms with Crippen molar-refractivity contribution in [2.75, 3.05) is 0 Å². The minimum Gasteiger partial charge on any atom is -0.461 e. The molecule has 15 heavy (non-hydrogen) atoms. The van der Waals surface area contributed by atoms with Gasteiger partial charge in [0.25, 0.3) is 0 Å². The number of rotatable bonds is 0. The molecule has 1 nitrogen and oxygen atoms in total. The molecule has 0 amide bonds. The smallest absolute Gasteiger partial charge is 0.134 e. The minimum absolute atomic E-state index is 0.975. The van der Waals surface area contributed by atoms with Gasteiger partial charge in [-0.1, -0.05) is 24.8 Å². The molecule has 1 aliphatic carbocycles. The summed E-state index contributed by atoms with van der Waals surface area (Å²) in [4.78, 5) is 0. The molecule has 1 aromatic carbocycles. The van der Waals surface area contributed by atoms with Gasteiger partial charge in [-0.15, -0.1) is 0 Å². The molecule has 2 aliphatic rings. The molecule has 1 heteroatoms. The average molecular weight is 198 g/mol. The maximum absolute atomic E-state index is 5.93. The van der Waals surface area contributed by atoms with Crippen LogP contribution in [0.1, 0.15) is 31.2 Å². The molecule has 0 spiro atoms. The molecule has 0 N–H and O–H groups in total. The molecule has 1 aliphatic heterocycles. The highest BCUT2D eigenvalue weighted by atomic mass is 16.5. The molecule has 0 radical (unpaired) electrons. The van der Waals surface area contributed by atoms with Crippen molar-refractivity contribution in [1.82, 2.24) is 0 Å². The van der Waals surface area contributed by atoms with E-state index in [2.05, 4.69) is 12.6 Å². The summed E-state index contributed by atoms with van der Waals surface area (Å²) in [6.45, 7) is 4.20. The van der Waals surface area contributed by atoms with E-state index in [1.165, 1.54) is 24.0 Å². The molecule has 1 aromatic rings. The van der Waals surface area contributed by atoms with E-state index in [-0.39, 0.29) is 0 Å². The number of allylic oxidation sites excluding steroid dienone is 3. The fourth-order valence-corrected chi connectivity index (χ4v) is 2.41. The summed E-state index contributed by atoms with van der Waals surface area (Å²) in [6, 6.07) is 8.18. The van der Waals surface area contributed by atoms with E-state index in [1.54, 1.807) is 0 Å². The molecule has 76 valence electrons. The summed E-state index contributed by atoms with van der Waals surface area (Å²) < 4.78 is 5.93. The lowest BCUT2D eigenvalue weighted by molar-refractivity contribution is 0.372. The van der Waals surface area contributed by atoms with Crippen LogP contribution in [0.15, 0.2) is 42.2 Å². The van der Waals surface area contributed by atoms with E-state index < -0.39 is 0 Å². The first-order chi connectivity index (χ1) is 7.36. The van der Waals surface area contributed by atoms with Gasteiger partial charge in [0.05, 0.1) is 0 Å². The quantitative estimate of drug-likeness (QED) is 0.614. The van der Waals surface area contributed by atoms with Crippen molar-refractivity contribution in [1.29, 1.82) is 0 Å². The molecular weight excluding hydrogens is 184 g/mol. The molecular formula is C14H14O.